The van der Waals surface area contributed by atoms with E-state index in [4.69, 9.17) is 17.3 Å². The molecule has 19 heavy (non-hydrogen) atoms. The Morgan fingerprint density at radius 3 is 2.74 bits per heavy atom. The van der Waals surface area contributed by atoms with E-state index in [1.165, 1.54) is 12.3 Å². The maximum absolute atomic E-state index is 13.5. The van der Waals surface area contributed by atoms with Crippen molar-refractivity contribution < 1.29 is 18.3 Å². The van der Waals surface area contributed by atoms with Crippen LogP contribution in [-0.2, 0) is 6.54 Å². The second-order valence-electron chi connectivity index (χ2n) is 3.95. The fourth-order valence-corrected chi connectivity index (χ4v) is 1.99. The molecule has 2 rings (SSSR count). The molecule has 2 heterocycles. The van der Waals surface area contributed by atoms with Crippen molar-refractivity contribution in [3.8, 4) is 0 Å². The van der Waals surface area contributed by atoms with E-state index in [9.17, 15) is 18.0 Å². The normalized spacial score (nSPS) is 15.0. The summed E-state index contributed by atoms with van der Waals surface area (Å²) in [5, 5.41) is 8.97. The molecule has 104 valence electrons. The number of aromatic nitrogens is 3. The third kappa shape index (κ3) is 2.56. The highest BCUT2D eigenvalue weighted by atomic mass is 32.1. The molecule has 0 fully saturated rings. The molecule has 3 N–H and O–H groups in total. The zero-order chi connectivity index (χ0) is 14.2. The first kappa shape index (κ1) is 13.8. The van der Waals surface area contributed by atoms with E-state index >= 15 is 0 Å². The lowest BCUT2D eigenvalue weighted by Gasteiger charge is -2.17. The minimum absolute atomic E-state index is 0.0961. The van der Waals surface area contributed by atoms with E-state index in [1.807, 2.05) is 0 Å². The largest absolute Gasteiger partial charge is 0.384 e. The van der Waals surface area contributed by atoms with E-state index in [-0.39, 0.29) is 15.8 Å². The number of fused-ring (bicyclic) bond motifs is 1. The Kier molecular flexibility index (Phi) is 3.76. The molecule has 0 aliphatic rings. The van der Waals surface area contributed by atoms with Gasteiger partial charge in [0.15, 0.2) is 4.77 Å². The molecule has 0 aromatic carbocycles. The van der Waals surface area contributed by atoms with Crippen molar-refractivity contribution in [3.63, 3.8) is 0 Å². The van der Waals surface area contributed by atoms with Crippen LogP contribution in [0.3, 0.4) is 0 Å². The van der Waals surface area contributed by atoms with Gasteiger partial charge in [0.05, 0.1) is 12.1 Å². The maximum atomic E-state index is 13.5. The molecule has 0 spiro atoms. The van der Waals surface area contributed by atoms with Gasteiger partial charge in [0.1, 0.15) is 17.8 Å². The van der Waals surface area contributed by atoms with E-state index in [1.54, 1.807) is 0 Å². The topological polar surface area (TPSA) is 73.8 Å². The molecule has 0 amide bonds. The van der Waals surface area contributed by atoms with Crippen molar-refractivity contribution in [2.75, 3.05) is 0 Å². The van der Waals surface area contributed by atoms with Crippen molar-refractivity contribution in [1.82, 2.24) is 14.5 Å². The molecule has 0 aliphatic heterocycles. The van der Waals surface area contributed by atoms with Crippen LogP contribution in [0.1, 0.15) is 0 Å². The second kappa shape index (κ2) is 5.17. The summed E-state index contributed by atoms with van der Waals surface area (Å²) in [6.07, 6.45) is -6.34. The van der Waals surface area contributed by atoms with Crippen LogP contribution < -0.4 is 5.56 Å². The van der Waals surface area contributed by atoms with E-state index in [0.29, 0.717) is 0 Å². The van der Waals surface area contributed by atoms with Crippen molar-refractivity contribution in [2.45, 2.75) is 25.2 Å². The van der Waals surface area contributed by atoms with Crippen LogP contribution in [0, 0.1) is 4.77 Å². The molecule has 2 atom stereocenters. The van der Waals surface area contributed by atoms with Gasteiger partial charge in [-0.05, 0) is 18.3 Å². The summed E-state index contributed by atoms with van der Waals surface area (Å²) in [6.45, 7) is -0.574. The fraction of sp³-hybridized carbons (Fsp3) is 0.400. The van der Waals surface area contributed by atoms with Crippen molar-refractivity contribution >= 4 is 23.3 Å². The Bertz CT molecular complexity index is 693. The molecule has 5 nitrogen and oxygen atoms in total. The number of H-pyrrole nitrogens is 2. The van der Waals surface area contributed by atoms with Gasteiger partial charge < -0.3 is 14.7 Å². The van der Waals surface area contributed by atoms with Gasteiger partial charge in [0.25, 0.3) is 12.0 Å². The van der Waals surface area contributed by atoms with Crippen molar-refractivity contribution in [3.05, 3.63) is 27.4 Å². The average molecular weight is 293 g/mol. The number of nitrogens with zero attached hydrogens (tertiary/aromatic N) is 1. The number of hydrogen-bond donors (Lipinski definition) is 3. The first-order chi connectivity index (χ1) is 8.91. The second-order valence-corrected chi connectivity index (χ2v) is 4.34. The first-order valence-corrected chi connectivity index (χ1v) is 5.73. The van der Waals surface area contributed by atoms with Gasteiger partial charge in [-0.2, -0.15) is 0 Å². The fourth-order valence-electron chi connectivity index (χ4n) is 1.73. The summed E-state index contributed by atoms with van der Waals surface area (Å²) in [6, 6.07) is 1.47. The molecule has 0 saturated heterocycles. The zero-order valence-corrected chi connectivity index (χ0v) is 10.3. The molecule has 2 aromatic rings. The van der Waals surface area contributed by atoms with Gasteiger partial charge in [-0.15, -0.1) is 0 Å². The average Bonchev–Trinajstić information content (AvgIpc) is 2.82. The molecule has 0 saturated carbocycles. The Hall–Kier alpha value is -1.61. The van der Waals surface area contributed by atoms with Crippen LogP contribution in [0.15, 0.2) is 17.1 Å². The first-order valence-electron chi connectivity index (χ1n) is 5.32. The summed E-state index contributed by atoms with van der Waals surface area (Å²) >= 11 is 4.86. The smallest absolute Gasteiger partial charge is 0.276 e. The van der Waals surface area contributed by atoms with E-state index in [0.717, 1.165) is 4.57 Å². The zero-order valence-electron chi connectivity index (χ0n) is 9.44. The van der Waals surface area contributed by atoms with E-state index < -0.39 is 30.8 Å². The number of hydrogen-bond acceptors (Lipinski definition) is 3. The standard InChI is InChI=1S/C10H10F3N3O2S/c11-4(7(17)8(12)13)3-16-5-1-2-14-6(5)9(18)15-10(16)19/h1-2,4,7-8,14,17H,3H2,(H,15,18,19). The number of alkyl halides is 3. The van der Waals surface area contributed by atoms with Crippen LogP contribution in [0.2, 0.25) is 0 Å². The highest BCUT2D eigenvalue weighted by molar-refractivity contribution is 7.71. The molecular weight excluding hydrogens is 283 g/mol. The van der Waals surface area contributed by atoms with Gasteiger partial charge >= 0.3 is 0 Å². The minimum atomic E-state index is -3.19. The highest BCUT2D eigenvalue weighted by Gasteiger charge is 2.28. The SMILES string of the molecule is O=c1[nH]c(=S)n(CC(F)C(O)C(F)F)c2cc[nH]c12. The number of aliphatic hydroxyl groups excluding tert-OH is 1. The number of halogens is 3. The molecule has 9 heteroatoms. The lowest BCUT2D eigenvalue weighted by atomic mass is 10.2. The van der Waals surface area contributed by atoms with Crippen LogP contribution in [-0.4, -0.2) is 38.3 Å². The van der Waals surface area contributed by atoms with Crippen molar-refractivity contribution in [1.29, 1.82) is 0 Å². The van der Waals surface area contributed by atoms with E-state index in [2.05, 4.69) is 9.97 Å². The number of aromatic amines is 2. The summed E-state index contributed by atoms with van der Waals surface area (Å²) in [5.74, 6) is 0. The number of rotatable bonds is 4. The van der Waals surface area contributed by atoms with Gasteiger partial charge in [0, 0.05) is 6.20 Å². The quantitative estimate of drug-likeness (QED) is 0.745. The molecule has 0 bridgehead atoms. The third-order valence-corrected chi connectivity index (χ3v) is 3.02. The molecule has 0 radical (unpaired) electrons. The molecule has 2 aromatic heterocycles. The number of nitrogens with one attached hydrogen (secondary N) is 2. The lowest BCUT2D eigenvalue weighted by Crippen LogP contribution is -2.33. The molecule has 2 unspecified atom stereocenters. The minimum Gasteiger partial charge on any atom is -0.384 e. The maximum Gasteiger partial charge on any atom is 0.276 e. The summed E-state index contributed by atoms with van der Waals surface area (Å²) in [5.41, 5.74) is -0.0312. The Balaban J connectivity index is 2.43. The van der Waals surface area contributed by atoms with Crippen LogP contribution in [0.25, 0.3) is 11.0 Å². The summed E-state index contributed by atoms with van der Waals surface area (Å²) < 4.78 is 39.0. The van der Waals surface area contributed by atoms with Gasteiger partial charge in [-0.3, -0.25) is 9.78 Å². The molecule has 0 aliphatic carbocycles. The summed E-state index contributed by atoms with van der Waals surface area (Å²) in [4.78, 5) is 16.4. The third-order valence-electron chi connectivity index (χ3n) is 2.69. The van der Waals surface area contributed by atoms with Gasteiger partial charge in [-0.1, -0.05) is 0 Å². The Labute approximate surface area is 109 Å². The lowest BCUT2D eigenvalue weighted by molar-refractivity contribution is -0.0523. The Morgan fingerprint density at radius 1 is 1.42 bits per heavy atom. The summed E-state index contributed by atoms with van der Waals surface area (Å²) in [7, 11) is 0. The van der Waals surface area contributed by atoms with Gasteiger partial charge in [0.2, 0.25) is 0 Å². The van der Waals surface area contributed by atoms with Crippen LogP contribution in [0.4, 0.5) is 13.2 Å². The predicted octanol–water partition coefficient (Wildman–Crippen LogP) is 1.35. The molecular formula is C10H10F3N3O2S. The van der Waals surface area contributed by atoms with Crippen molar-refractivity contribution in [2.24, 2.45) is 0 Å². The van der Waals surface area contributed by atoms with Gasteiger partial charge in [-0.25, -0.2) is 13.2 Å². The van der Waals surface area contributed by atoms with Crippen LogP contribution in [0.5, 0.6) is 0 Å². The van der Waals surface area contributed by atoms with Crippen LogP contribution >= 0.6 is 12.2 Å². The number of aliphatic hydroxyl groups is 1. The predicted molar refractivity (Wildman–Crippen MR) is 64.7 cm³/mol. The monoisotopic (exact) mass is 293 g/mol. The Morgan fingerprint density at radius 2 is 2.11 bits per heavy atom. The highest BCUT2D eigenvalue weighted by Crippen LogP contribution is 2.14.